The highest BCUT2D eigenvalue weighted by Crippen LogP contribution is 2.31. The van der Waals surface area contributed by atoms with E-state index in [1.54, 1.807) is 19.2 Å². The van der Waals surface area contributed by atoms with Crippen LogP contribution in [0.4, 0.5) is 5.69 Å². The van der Waals surface area contributed by atoms with Crippen LogP contribution in [0.2, 0.25) is 0 Å². The summed E-state index contributed by atoms with van der Waals surface area (Å²) in [5.41, 5.74) is 10.3. The minimum Gasteiger partial charge on any atom is -0.444 e. The zero-order valence-electron chi connectivity index (χ0n) is 12.7. The number of nitrogen functional groups attached to an aromatic ring is 1. The molecule has 0 unspecified atom stereocenters. The van der Waals surface area contributed by atoms with Crippen LogP contribution in [0.25, 0.3) is 22.5 Å². The average Bonchev–Trinajstić information content (AvgIpc) is 3.09. The Labute approximate surface area is 134 Å². The lowest BCUT2D eigenvalue weighted by Crippen LogP contribution is -2.05. The van der Waals surface area contributed by atoms with Crippen molar-refractivity contribution >= 4 is 11.5 Å². The summed E-state index contributed by atoms with van der Waals surface area (Å²) in [6.07, 6.45) is 3.06. The van der Waals surface area contributed by atoms with Crippen LogP contribution < -0.4 is 5.73 Å². The molecule has 0 bridgehead atoms. The van der Waals surface area contributed by atoms with Gasteiger partial charge in [0.1, 0.15) is 0 Å². The van der Waals surface area contributed by atoms with Crippen LogP contribution in [0.15, 0.2) is 71.6 Å². The topological polar surface area (TPSA) is 69.1 Å². The van der Waals surface area contributed by atoms with E-state index in [0.29, 0.717) is 22.6 Å². The number of hydrogen-bond donors (Lipinski definition) is 1. The third kappa shape index (κ3) is 2.79. The van der Waals surface area contributed by atoms with Crippen LogP contribution in [-0.4, -0.2) is 10.8 Å². The van der Waals surface area contributed by atoms with E-state index in [9.17, 15) is 4.79 Å². The molecule has 4 heteroatoms. The minimum atomic E-state index is -0.136. The molecule has 0 saturated heterocycles. The molecule has 1 heterocycles. The van der Waals surface area contributed by atoms with Crippen molar-refractivity contribution < 1.29 is 9.21 Å². The van der Waals surface area contributed by atoms with E-state index < -0.39 is 0 Å². The van der Waals surface area contributed by atoms with Gasteiger partial charge in [0.15, 0.2) is 17.9 Å². The van der Waals surface area contributed by atoms with E-state index >= 15 is 0 Å². The number of benzene rings is 2. The average molecular weight is 304 g/mol. The standard InChI is InChI=1S/C19H16N2O2/c1-12(2)19(22)16-5-3-4-15(18(16)20)13-6-8-14(9-7-13)17-10-21-11-23-17/h3-11H,1,20H2,2H3. The lowest BCUT2D eigenvalue weighted by molar-refractivity contribution is 0.103. The number of Topliss-reactive ketones (excluding diaryl/α,β-unsaturated/α-hetero) is 1. The highest BCUT2D eigenvalue weighted by atomic mass is 16.3. The summed E-state index contributed by atoms with van der Waals surface area (Å²) in [7, 11) is 0. The number of ketones is 1. The molecular formula is C19H16N2O2. The van der Waals surface area contributed by atoms with E-state index in [1.807, 2.05) is 36.4 Å². The number of carbonyl (C=O) groups excluding carboxylic acids is 1. The number of allylic oxidation sites excluding steroid dienone is 1. The number of carbonyl (C=O) groups is 1. The zero-order chi connectivity index (χ0) is 16.4. The molecule has 3 aromatic rings. The fourth-order valence-electron chi connectivity index (χ4n) is 2.42. The minimum absolute atomic E-state index is 0.136. The summed E-state index contributed by atoms with van der Waals surface area (Å²) in [4.78, 5) is 16.1. The smallest absolute Gasteiger partial charge is 0.190 e. The molecule has 2 N–H and O–H groups in total. The first kappa shape index (κ1) is 14.8. The van der Waals surface area contributed by atoms with Gasteiger partial charge in [-0.3, -0.25) is 4.79 Å². The van der Waals surface area contributed by atoms with Crippen LogP contribution >= 0.6 is 0 Å². The van der Waals surface area contributed by atoms with Crippen molar-refractivity contribution in [2.24, 2.45) is 0 Å². The summed E-state index contributed by atoms with van der Waals surface area (Å²) in [6, 6.07) is 13.2. The number of rotatable bonds is 4. The molecule has 0 fully saturated rings. The monoisotopic (exact) mass is 304 g/mol. The van der Waals surface area contributed by atoms with Crippen molar-refractivity contribution in [3.63, 3.8) is 0 Å². The second kappa shape index (κ2) is 5.93. The van der Waals surface area contributed by atoms with Crippen molar-refractivity contribution in [2.75, 3.05) is 5.73 Å². The summed E-state index contributed by atoms with van der Waals surface area (Å²) in [5, 5.41) is 0. The van der Waals surface area contributed by atoms with Crippen LogP contribution in [0.1, 0.15) is 17.3 Å². The van der Waals surface area contributed by atoms with Crippen molar-refractivity contribution in [1.82, 2.24) is 4.98 Å². The number of para-hydroxylation sites is 1. The van der Waals surface area contributed by atoms with Gasteiger partial charge in [-0.2, -0.15) is 0 Å². The van der Waals surface area contributed by atoms with E-state index in [4.69, 9.17) is 10.2 Å². The molecule has 0 aliphatic rings. The van der Waals surface area contributed by atoms with Gasteiger partial charge in [0, 0.05) is 16.7 Å². The Morgan fingerprint density at radius 2 is 1.83 bits per heavy atom. The molecule has 0 atom stereocenters. The molecule has 0 aliphatic heterocycles. The van der Waals surface area contributed by atoms with Crippen molar-refractivity contribution in [2.45, 2.75) is 6.92 Å². The zero-order valence-corrected chi connectivity index (χ0v) is 12.7. The Bertz CT molecular complexity index is 863. The van der Waals surface area contributed by atoms with Gasteiger partial charge in [-0.15, -0.1) is 0 Å². The Kier molecular flexibility index (Phi) is 3.81. The summed E-state index contributed by atoms with van der Waals surface area (Å²) in [5.74, 6) is 0.568. The highest BCUT2D eigenvalue weighted by Gasteiger charge is 2.14. The number of oxazole rings is 1. The predicted molar refractivity (Wildman–Crippen MR) is 90.9 cm³/mol. The molecule has 2 aromatic carbocycles. The molecule has 114 valence electrons. The number of nitrogens with zero attached hydrogens (tertiary/aromatic N) is 1. The molecule has 0 amide bonds. The quantitative estimate of drug-likeness (QED) is 0.442. The van der Waals surface area contributed by atoms with Gasteiger partial charge >= 0.3 is 0 Å². The number of nitrogens with two attached hydrogens (primary N) is 1. The molecule has 0 saturated carbocycles. The van der Waals surface area contributed by atoms with Crippen LogP contribution in [0.5, 0.6) is 0 Å². The Morgan fingerprint density at radius 3 is 2.43 bits per heavy atom. The van der Waals surface area contributed by atoms with Crippen molar-refractivity contribution in [3.8, 4) is 22.5 Å². The van der Waals surface area contributed by atoms with E-state index in [2.05, 4.69) is 11.6 Å². The molecule has 3 rings (SSSR count). The van der Waals surface area contributed by atoms with Gasteiger partial charge in [0.2, 0.25) is 0 Å². The molecular weight excluding hydrogens is 288 g/mol. The lowest BCUT2D eigenvalue weighted by Gasteiger charge is -2.11. The Morgan fingerprint density at radius 1 is 1.13 bits per heavy atom. The first-order chi connectivity index (χ1) is 11.1. The van der Waals surface area contributed by atoms with Gasteiger partial charge < -0.3 is 10.2 Å². The summed E-state index contributed by atoms with van der Waals surface area (Å²) >= 11 is 0. The second-order valence-corrected chi connectivity index (χ2v) is 5.32. The maximum atomic E-state index is 12.2. The van der Waals surface area contributed by atoms with Gasteiger partial charge in [-0.25, -0.2) is 4.98 Å². The highest BCUT2D eigenvalue weighted by molar-refractivity contribution is 6.12. The normalized spacial score (nSPS) is 10.5. The third-order valence-corrected chi connectivity index (χ3v) is 3.65. The summed E-state index contributed by atoms with van der Waals surface area (Å²) < 4.78 is 5.28. The first-order valence-corrected chi connectivity index (χ1v) is 7.16. The molecule has 0 radical (unpaired) electrons. The SMILES string of the molecule is C=C(C)C(=O)c1cccc(-c2ccc(-c3cnco3)cc2)c1N. The maximum absolute atomic E-state index is 12.2. The maximum Gasteiger partial charge on any atom is 0.190 e. The molecule has 1 aromatic heterocycles. The third-order valence-electron chi connectivity index (χ3n) is 3.65. The molecule has 4 nitrogen and oxygen atoms in total. The second-order valence-electron chi connectivity index (χ2n) is 5.32. The van der Waals surface area contributed by atoms with Gasteiger partial charge in [0.05, 0.1) is 11.9 Å². The molecule has 23 heavy (non-hydrogen) atoms. The number of aromatic nitrogens is 1. The summed E-state index contributed by atoms with van der Waals surface area (Å²) in [6.45, 7) is 5.37. The lowest BCUT2D eigenvalue weighted by atomic mass is 9.96. The fraction of sp³-hybridized carbons (Fsp3) is 0.0526. The van der Waals surface area contributed by atoms with E-state index in [1.165, 1.54) is 6.39 Å². The van der Waals surface area contributed by atoms with E-state index in [0.717, 1.165) is 16.7 Å². The van der Waals surface area contributed by atoms with Crippen LogP contribution in [-0.2, 0) is 0 Å². The van der Waals surface area contributed by atoms with Crippen molar-refractivity contribution in [1.29, 1.82) is 0 Å². The largest absolute Gasteiger partial charge is 0.444 e. The Hall–Kier alpha value is -3.14. The van der Waals surface area contributed by atoms with Gasteiger partial charge in [-0.1, -0.05) is 43.0 Å². The van der Waals surface area contributed by atoms with Gasteiger partial charge in [0.25, 0.3) is 0 Å². The first-order valence-electron chi connectivity index (χ1n) is 7.16. The van der Waals surface area contributed by atoms with Crippen molar-refractivity contribution in [3.05, 3.63) is 72.8 Å². The molecule has 0 spiro atoms. The van der Waals surface area contributed by atoms with Gasteiger partial charge in [-0.05, 0) is 24.1 Å². The number of hydrogen-bond acceptors (Lipinski definition) is 4. The Balaban J connectivity index is 2.01. The fourth-order valence-corrected chi connectivity index (χ4v) is 2.42. The van der Waals surface area contributed by atoms with Crippen LogP contribution in [0, 0.1) is 0 Å². The number of anilines is 1. The van der Waals surface area contributed by atoms with E-state index in [-0.39, 0.29) is 5.78 Å². The molecule has 0 aliphatic carbocycles. The predicted octanol–water partition coefficient (Wildman–Crippen LogP) is 4.35. The van der Waals surface area contributed by atoms with Crippen LogP contribution in [0.3, 0.4) is 0 Å².